The number of aromatic nitrogens is 2. The molecule has 62 heavy (non-hydrogen) atoms. The van der Waals surface area contributed by atoms with Crippen LogP contribution in [0.1, 0.15) is 22.3 Å². The minimum absolute atomic E-state index is 0.423. The fourth-order valence-electron chi connectivity index (χ4n) is 11.6. The lowest BCUT2D eigenvalue weighted by atomic mass is 9.70. The maximum atomic E-state index is 6.46. The molecule has 4 heterocycles. The van der Waals surface area contributed by atoms with Crippen LogP contribution in [0.3, 0.4) is 0 Å². The lowest BCUT2D eigenvalue weighted by Crippen LogP contribution is -2.25. The van der Waals surface area contributed by atoms with Crippen LogP contribution in [0.25, 0.3) is 114 Å². The van der Waals surface area contributed by atoms with Crippen LogP contribution in [-0.2, 0) is 5.41 Å². The molecule has 2 aliphatic carbocycles. The Labute approximate surface area is 359 Å². The van der Waals surface area contributed by atoms with E-state index in [0.29, 0.717) is 0 Å². The van der Waals surface area contributed by atoms with E-state index in [9.17, 15) is 0 Å². The summed E-state index contributed by atoms with van der Waals surface area (Å²) < 4.78 is 11.5. The number of thiophene rings is 1. The van der Waals surface area contributed by atoms with Gasteiger partial charge >= 0.3 is 0 Å². The van der Waals surface area contributed by atoms with Crippen molar-refractivity contribution in [3.05, 3.63) is 216 Å². The van der Waals surface area contributed by atoms with E-state index in [-0.39, 0.29) is 0 Å². The molecule has 0 unspecified atom stereocenters. The van der Waals surface area contributed by atoms with E-state index in [0.717, 1.165) is 49.8 Å². The Morgan fingerprint density at radius 3 is 1.97 bits per heavy atom. The quantitative estimate of drug-likeness (QED) is 0.163. The van der Waals surface area contributed by atoms with E-state index in [1.54, 1.807) is 0 Å². The molecule has 0 bridgehead atoms. The van der Waals surface area contributed by atoms with Crippen LogP contribution in [0, 0.1) is 0 Å². The highest BCUT2D eigenvalue weighted by molar-refractivity contribution is 7.26. The summed E-state index contributed by atoms with van der Waals surface area (Å²) in [7, 11) is 0. The highest BCUT2D eigenvalue weighted by Gasteiger charge is 2.52. The third-order valence-corrected chi connectivity index (χ3v) is 15.2. The molecule has 0 saturated carbocycles. The minimum atomic E-state index is -0.423. The minimum Gasteiger partial charge on any atom is -0.456 e. The maximum absolute atomic E-state index is 6.46. The zero-order valence-electron chi connectivity index (χ0n) is 33.2. The zero-order chi connectivity index (χ0) is 40.3. The summed E-state index contributed by atoms with van der Waals surface area (Å²) in [6.45, 7) is 0. The molecule has 4 heteroatoms. The van der Waals surface area contributed by atoms with Crippen molar-refractivity contribution in [3.8, 4) is 39.2 Å². The summed E-state index contributed by atoms with van der Waals surface area (Å²) in [5.74, 6) is 0. The van der Waals surface area contributed by atoms with E-state index in [2.05, 4.69) is 193 Å². The maximum Gasteiger partial charge on any atom is 0.136 e. The van der Waals surface area contributed by atoms with Crippen molar-refractivity contribution in [2.45, 2.75) is 5.41 Å². The third kappa shape index (κ3) is 3.99. The summed E-state index contributed by atoms with van der Waals surface area (Å²) in [6.07, 6.45) is 0. The monoisotopic (exact) mass is 804 g/mol. The van der Waals surface area contributed by atoms with Crippen LogP contribution in [0.15, 0.2) is 199 Å². The average molecular weight is 805 g/mol. The van der Waals surface area contributed by atoms with Crippen LogP contribution in [-0.4, -0.2) is 9.55 Å². The molecule has 15 rings (SSSR count). The van der Waals surface area contributed by atoms with E-state index >= 15 is 0 Å². The highest BCUT2D eigenvalue weighted by Crippen LogP contribution is 2.64. The molecule has 0 N–H and O–H groups in total. The van der Waals surface area contributed by atoms with Gasteiger partial charge in [-0.15, -0.1) is 11.3 Å². The molecule has 9 aromatic carbocycles. The number of benzene rings is 9. The van der Waals surface area contributed by atoms with Crippen molar-refractivity contribution >= 4 is 86.2 Å². The van der Waals surface area contributed by atoms with Gasteiger partial charge in [0, 0.05) is 53.7 Å². The largest absolute Gasteiger partial charge is 0.456 e. The molecular weight excluding hydrogens is 773 g/mol. The molecule has 0 aliphatic heterocycles. The topological polar surface area (TPSA) is 31.0 Å². The van der Waals surface area contributed by atoms with Gasteiger partial charge < -0.3 is 8.98 Å². The summed E-state index contributed by atoms with van der Waals surface area (Å²) in [5, 5.41) is 8.29. The number of furan rings is 1. The van der Waals surface area contributed by atoms with Gasteiger partial charge in [0.15, 0.2) is 0 Å². The molecule has 0 atom stereocenters. The second-order valence-electron chi connectivity index (χ2n) is 16.9. The Balaban J connectivity index is 1.03. The predicted molar refractivity (Wildman–Crippen MR) is 258 cm³/mol. The Bertz CT molecular complexity index is 4080. The van der Waals surface area contributed by atoms with Crippen LogP contribution in [0.4, 0.5) is 0 Å². The van der Waals surface area contributed by atoms with Gasteiger partial charge in [0.1, 0.15) is 11.2 Å². The van der Waals surface area contributed by atoms with Crippen LogP contribution in [0.2, 0.25) is 0 Å². The fourth-order valence-corrected chi connectivity index (χ4v) is 12.8. The summed E-state index contributed by atoms with van der Waals surface area (Å²) >= 11 is 1.86. The van der Waals surface area contributed by atoms with Gasteiger partial charge in [0.25, 0.3) is 0 Å². The summed E-state index contributed by atoms with van der Waals surface area (Å²) in [4.78, 5) is 5.55. The highest BCUT2D eigenvalue weighted by atomic mass is 32.1. The van der Waals surface area contributed by atoms with Crippen molar-refractivity contribution in [3.63, 3.8) is 0 Å². The number of nitrogens with zero attached hydrogens (tertiary/aromatic N) is 2. The van der Waals surface area contributed by atoms with E-state index in [1.165, 1.54) is 86.5 Å². The molecule has 2 aliphatic rings. The first-order valence-electron chi connectivity index (χ1n) is 21.3. The number of hydrogen-bond acceptors (Lipinski definition) is 3. The number of rotatable bonds is 2. The van der Waals surface area contributed by atoms with Crippen LogP contribution >= 0.6 is 11.3 Å². The lowest BCUT2D eigenvalue weighted by Gasteiger charge is -2.30. The predicted octanol–water partition coefficient (Wildman–Crippen LogP) is 15.6. The number of fused-ring (bicyclic) bond motifs is 22. The van der Waals surface area contributed by atoms with Crippen molar-refractivity contribution < 1.29 is 4.42 Å². The van der Waals surface area contributed by atoms with Gasteiger partial charge in [-0.3, -0.25) is 0 Å². The second-order valence-corrected chi connectivity index (χ2v) is 18.0. The van der Waals surface area contributed by atoms with Crippen molar-refractivity contribution in [1.29, 1.82) is 0 Å². The molecule has 0 amide bonds. The smallest absolute Gasteiger partial charge is 0.136 e. The van der Waals surface area contributed by atoms with Crippen molar-refractivity contribution in [2.24, 2.45) is 0 Å². The summed E-state index contributed by atoms with van der Waals surface area (Å²) in [6, 6.07) is 71.5. The third-order valence-electron chi connectivity index (χ3n) is 14.0. The SMILES string of the molecule is c1cc(-c2nc3ccccc3c3c4c(ccc23)C2(c3ccccc3-c3ccccc32)c2ccccc2-4)cc(-n2c3cc4c(cc3c3sc5ccccc5c32)oc2ccccc24)c1. The fraction of sp³-hybridized carbons (Fsp3) is 0.0172. The van der Waals surface area contributed by atoms with Crippen LogP contribution < -0.4 is 0 Å². The summed E-state index contributed by atoms with van der Waals surface area (Å²) in [5.41, 5.74) is 18.6. The standard InChI is InChI=1S/C58H32N2OS/c1-7-22-44-35(16-1)36-17-2-8-23-45(36)58(44)46-24-9-3-19-38(46)54-47(58)29-28-41-53(54)39-20-4-10-25-48(39)59-55(41)33-14-13-15-34(30-33)60-49-31-42-37-18-5-11-26-50(37)61-51(42)32-43(49)57-56(60)40-21-6-12-27-52(40)62-57/h1-32H. The molecule has 4 aromatic heterocycles. The first-order valence-corrected chi connectivity index (χ1v) is 22.1. The number of pyridine rings is 1. The zero-order valence-corrected chi connectivity index (χ0v) is 34.0. The molecule has 3 nitrogen and oxygen atoms in total. The number of para-hydroxylation sites is 2. The normalized spacial score (nSPS) is 13.6. The van der Waals surface area contributed by atoms with E-state index in [4.69, 9.17) is 9.40 Å². The molecule has 0 radical (unpaired) electrons. The Hall–Kier alpha value is -7.79. The van der Waals surface area contributed by atoms with Gasteiger partial charge in [-0.1, -0.05) is 152 Å². The lowest BCUT2D eigenvalue weighted by molar-refractivity contribution is 0.669. The van der Waals surface area contributed by atoms with Gasteiger partial charge in [-0.25, -0.2) is 4.98 Å². The molecule has 0 fully saturated rings. The second kappa shape index (κ2) is 11.7. The Morgan fingerprint density at radius 1 is 0.468 bits per heavy atom. The average Bonchev–Trinajstić information content (AvgIpc) is 4.12. The van der Waals surface area contributed by atoms with E-state index < -0.39 is 5.41 Å². The Kier molecular flexibility index (Phi) is 6.24. The van der Waals surface area contributed by atoms with Crippen molar-refractivity contribution in [1.82, 2.24) is 9.55 Å². The first-order chi connectivity index (χ1) is 30.8. The molecule has 286 valence electrons. The molecular formula is C58H32N2OS. The van der Waals surface area contributed by atoms with Gasteiger partial charge in [0.05, 0.1) is 32.4 Å². The Morgan fingerprint density at radius 2 is 1.15 bits per heavy atom. The van der Waals surface area contributed by atoms with Crippen LogP contribution in [0.5, 0.6) is 0 Å². The molecule has 0 saturated heterocycles. The van der Waals surface area contributed by atoms with Crippen molar-refractivity contribution in [2.75, 3.05) is 0 Å². The van der Waals surface area contributed by atoms with Gasteiger partial charge in [-0.05, 0) is 87.0 Å². The van der Waals surface area contributed by atoms with Gasteiger partial charge in [-0.2, -0.15) is 0 Å². The molecule has 13 aromatic rings. The number of hydrogen-bond donors (Lipinski definition) is 0. The molecule has 1 spiro atoms. The van der Waals surface area contributed by atoms with Gasteiger partial charge in [0.2, 0.25) is 0 Å². The van der Waals surface area contributed by atoms with E-state index in [1.807, 2.05) is 17.4 Å². The first kappa shape index (κ1) is 33.0.